The van der Waals surface area contributed by atoms with E-state index in [2.05, 4.69) is 10.6 Å². The van der Waals surface area contributed by atoms with Crippen molar-refractivity contribution < 1.29 is 28.6 Å². The summed E-state index contributed by atoms with van der Waals surface area (Å²) in [6.45, 7) is 6.54. The van der Waals surface area contributed by atoms with Crippen molar-refractivity contribution in [2.75, 3.05) is 13.7 Å². The first-order valence-corrected chi connectivity index (χ1v) is 9.07. The molecule has 2 atom stereocenters. The average molecular weight is 411 g/mol. The van der Waals surface area contributed by atoms with Crippen molar-refractivity contribution in [3.05, 3.63) is 34.0 Å². The van der Waals surface area contributed by atoms with Crippen molar-refractivity contribution in [3.8, 4) is 11.5 Å². The fourth-order valence-electron chi connectivity index (χ4n) is 2.92. The molecule has 0 saturated heterocycles. The summed E-state index contributed by atoms with van der Waals surface area (Å²) in [7, 11) is 1.43. The fraction of sp³-hybridized carbons (Fsp3) is 0.421. The maximum Gasteiger partial charge on any atom is 0.347 e. The zero-order valence-corrected chi connectivity index (χ0v) is 17.1. The monoisotopic (exact) mass is 410 g/mol. The van der Waals surface area contributed by atoms with Gasteiger partial charge in [-0.2, -0.15) is 0 Å². The Hall–Kier alpha value is -2.74. The summed E-state index contributed by atoms with van der Waals surface area (Å²) in [5, 5.41) is 5.52. The second kappa shape index (κ2) is 8.97. The number of nitrogens with one attached hydrogen (secondary N) is 2. The standard InChI is InChI=1S/C19H23ClN2O6/c1-6-27-18(24)11(4)28-15-8-13(20)12(7-14(15)26-5)17-16(10(3)23)9(2)21-19(25)22-17/h7-8,11,17H,6H2,1-5H3,(H2,21,22,25)/t11-,17-/m1/s1. The van der Waals surface area contributed by atoms with Crippen LogP contribution in [0.3, 0.4) is 0 Å². The van der Waals surface area contributed by atoms with E-state index in [1.807, 2.05) is 0 Å². The maximum absolute atomic E-state index is 12.1. The Balaban J connectivity index is 2.45. The van der Waals surface area contributed by atoms with Crippen molar-refractivity contribution >= 4 is 29.4 Å². The van der Waals surface area contributed by atoms with E-state index in [4.69, 9.17) is 25.8 Å². The normalized spacial score (nSPS) is 17.4. The Kier molecular flexibility index (Phi) is 6.90. The van der Waals surface area contributed by atoms with Crippen LogP contribution in [0.2, 0.25) is 5.02 Å². The SMILES string of the molecule is CCOC(=O)[C@@H](C)Oc1cc(Cl)c([C@H]2NC(=O)NC(C)=C2C(C)=O)cc1OC. The lowest BCUT2D eigenvalue weighted by Gasteiger charge is -2.29. The second-order valence-corrected chi connectivity index (χ2v) is 6.57. The molecule has 28 heavy (non-hydrogen) atoms. The smallest absolute Gasteiger partial charge is 0.347 e. The van der Waals surface area contributed by atoms with Gasteiger partial charge in [-0.3, -0.25) is 4.79 Å². The molecule has 8 nitrogen and oxygen atoms in total. The molecule has 1 aromatic rings. The van der Waals surface area contributed by atoms with Gasteiger partial charge in [0.25, 0.3) is 0 Å². The summed E-state index contributed by atoms with van der Waals surface area (Å²) >= 11 is 6.42. The molecule has 1 aliphatic heterocycles. The van der Waals surface area contributed by atoms with Gasteiger partial charge in [-0.05, 0) is 33.8 Å². The van der Waals surface area contributed by atoms with Crippen LogP contribution in [0.5, 0.6) is 11.5 Å². The lowest BCUT2D eigenvalue weighted by atomic mass is 9.92. The minimum Gasteiger partial charge on any atom is -0.493 e. The van der Waals surface area contributed by atoms with E-state index in [0.29, 0.717) is 22.6 Å². The first-order chi connectivity index (χ1) is 13.2. The fourth-order valence-corrected chi connectivity index (χ4v) is 3.18. The number of ketones is 1. The van der Waals surface area contributed by atoms with Crippen molar-refractivity contribution in [2.45, 2.75) is 39.8 Å². The molecule has 0 aromatic heterocycles. The van der Waals surface area contributed by atoms with Gasteiger partial charge in [0.15, 0.2) is 23.4 Å². The number of halogens is 1. The van der Waals surface area contributed by atoms with Crippen LogP contribution in [0.1, 0.15) is 39.3 Å². The quantitative estimate of drug-likeness (QED) is 0.670. The van der Waals surface area contributed by atoms with Crippen molar-refractivity contribution in [1.82, 2.24) is 10.6 Å². The minimum atomic E-state index is -0.871. The zero-order chi connectivity index (χ0) is 21.0. The lowest BCUT2D eigenvalue weighted by Crippen LogP contribution is -2.44. The van der Waals surface area contributed by atoms with Gasteiger partial charge in [0.2, 0.25) is 0 Å². The molecule has 0 radical (unpaired) electrons. The predicted molar refractivity (Wildman–Crippen MR) is 103 cm³/mol. The highest BCUT2D eigenvalue weighted by molar-refractivity contribution is 6.31. The summed E-state index contributed by atoms with van der Waals surface area (Å²) < 4.78 is 15.9. The number of rotatable bonds is 7. The third-order valence-corrected chi connectivity index (χ3v) is 4.49. The highest BCUT2D eigenvalue weighted by atomic mass is 35.5. The van der Waals surface area contributed by atoms with E-state index in [9.17, 15) is 14.4 Å². The van der Waals surface area contributed by atoms with Crippen LogP contribution in [0, 0.1) is 0 Å². The number of carbonyl (C=O) groups is 3. The highest BCUT2D eigenvalue weighted by Crippen LogP contribution is 2.39. The van der Waals surface area contributed by atoms with Crippen LogP contribution in [-0.2, 0) is 14.3 Å². The minimum absolute atomic E-state index is 0.207. The number of esters is 1. The van der Waals surface area contributed by atoms with Gasteiger partial charge >= 0.3 is 12.0 Å². The lowest BCUT2D eigenvalue weighted by molar-refractivity contribution is -0.150. The van der Waals surface area contributed by atoms with E-state index < -0.39 is 24.1 Å². The summed E-state index contributed by atoms with van der Waals surface area (Å²) in [5.74, 6) is -0.194. The molecule has 0 bridgehead atoms. The summed E-state index contributed by atoms with van der Waals surface area (Å²) in [6, 6.07) is 1.86. The number of allylic oxidation sites excluding steroid dienone is 1. The van der Waals surface area contributed by atoms with Crippen LogP contribution < -0.4 is 20.1 Å². The number of Topliss-reactive ketones (excluding diaryl/α,β-unsaturated/α-hetero) is 1. The van der Waals surface area contributed by atoms with Crippen LogP contribution in [0.15, 0.2) is 23.4 Å². The molecule has 1 aromatic carbocycles. The average Bonchev–Trinajstić information content (AvgIpc) is 2.60. The molecule has 2 amide bonds. The first kappa shape index (κ1) is 21.6. The molecule has 0 aliphatic carbocycles. The van der Waals surface area contributed by atoms with Crippen molar-refractivity contribution in [2.24, 2.45) is 0 Å². The molecule has 2 N–H and O–H groups in total. The number of hydrogen-bond donors (Lipinski definition) is 2. The topological polar surface area (TPSA) is 103 Å². The van der Waals surface area contributed by atoms with Crippen molar-refractivity contribution in [3.63, 3.8) is 0 Å². The van der Waals surface area contributed by atoms with Gasteiger partial charge in [0, 0.05) is 22.9 Å². The molecule has 1 heterocycles. The molecule has 9 heteroatoms. The van der Waals surface area contributed by atoms with E-state index >= 15 is 0 Å². The highest BCUT2D eigenvalue weighted by Gasteiger charge is 2.32. The third kappa shape index (κ3) is 4.56. The summed E-state index contributed by atoms with van der Waals surface area (Å²) in [5.41, 5.74) is 1.30. The molecule has 0 spiro atoms. The van der Waals surface area contributed by atoms with E-state index in [-0.39, 0.29) is 23.2 Å². The largest absolute Gasteiger partial charge is 0.493 e. The molecule has 0 saturated carbocycles. The predicted octanol–water partition coefficient (Wildman–Crippen LogP) is 2.90. The molecule has 1 aliphatic rings. The van der Waals surface area contributed by atoms with Gasteiger partial charge in [-0.1, -0.05) is 11.6 Å². The Bertz CT molecular complexity index is 836. The molecule has 152 valence electrons. The second-order valence-electron chi connectivity index (χ2n) is 6.16. The Morgan fingerprint density at radius 2 is 1.96 bits per heavy atom. The number of carbonyl (C=O) groups excluding carboxylic acids is 3. The Morgan fingerprint density at radius 3 is 2.54 bits per heavy atom. The molecular formula is C19H23ClN2O6. The van der Waals surface area contributed by atoms with Crippen LogP contribution in [-0.4, -0.2) is 37.6 Å². The number of hydrogen-bond acceptors (Lipinski definition) is 6. The summed E-state index contributed by atoms with van der Waals surface area (Å²) in [4.78, 5) is 35.9. The Morgan fingerprint density at radius 1 is 1.29 bits per heavy atom. The van der Waals surface area contributed by atoms with Crippen LogP contribution in [0.4, 0.5) is 4.79 Å². The molecular weight excluding hydrogens is 388 g/mol. The maximum atomic E-state index is 12.1. The van der Waals surface area contributed by atoms with Gasteiger partial charge in [0.1, 0.15) is 0 Å². The number of ether oxygens (including phenoxy) is 3. The van der Waals surface area contributed by atoms with Gasteiger partial charge < -0.3 is 24.8 Å². The van der Waals surface area contributed by atoms with Gasteiger partial charge in [0.05, 0.1) is 24.8 Å². The van der Waals surface area contributed by atoms with E-state index in [1.165, 1.54) is 20.1 Å². The van der Waals surface area contributed by atoms with E-state index in [0.717, 1.165) is 0 Å². The number of benzene rings is 1. The Labute approximate surface area is 168 Å². The number of amides is 2. The van der Waals surface area contributed by atoms with Gasteiger partial charge in [-0.15, -0.1) is 0 Å². The number of methoxy groups -OCH3 is 1. The van der Waals surface area contributed by atoms with Crippen molar-refractivity contribution in [1.29, 1.82) is 0 Å². The summed E-state index contributed by atoms with van der Waals surface area (Å²) in [6.07, 6.45) is -0.871. The third-order valence-electron chi connectivity index (χ3n) is 4.16. The van der Waals surface area contributed by atoms with E-state index in [1.54, 1.807) is 26.8 Å². The molecule has 0 unspecified atom stereocenters. The van der Waals surface area contributed by atoms with Crippen LogP contribution in [0.25, 0.3) is 0 Å². The number of urea groups is 1. The molecule has 2 rings (SSSR count). The first-order valence-electron chi connectivity index (χ1n) is 8.69. The van der Waals surface area contributed by atoms with Crippen LogP contribution >= 0.6 is 11.6 Å². The van der Waals surface area contributed by atoms with Gasteiger partial charge in [-0.25, -0.2) is 9.59 Å². The molecule has 0 fully saturated rings. The zero-order valence-electron chi connectivity index (χ0n) is 16.3.